The number of aromatic hydroxyl groups is 1. The maximum Gasteiger partial charge on any atom is 0.421 e. The number of hydrogen-bond donors (Lipinski definition) is 1. The Kier molecular flexibility index (Phi) is 2.63. The molecule has 1 rings (SSSR count). The van der Waals surface area contributed by atoms with E-state index >= 15 is 0 Å². The molecule has 0 spiro atoms. The molecule has 0 aliphatic carbocycles. The number of phenolic OH excluding ortho intramolecular Hbond substituents is 1. The Labute approximate surface area is 81.7 Å². The Morgan fingerprint density at radius 2 is 1.69 bits per heavy atom. The van der Waals surface area contributed by atoms with Crippen molar-refractivity contribution in [3.8, 4) is 5.75 Å². The summed E-state index contributed by atoms with van der Waals surface area (Å²) in [6, 6.07) is 1.71. The molecule has 0 heterocycles. The summed E-state index contributed by atoms with van der Waals surface area (Å²) in [4.78, 5) is 0. The van der Waals surface area contributed by atoms with Crippen molar-refractivity contribution in [1.82, 2.24) is 0 Å². The summed E-state index contributed by atoms with van der Waals surface area (Å²) in [6.07, 6.45) is -4.67. The molecular weight excluding hydrogens is 228 g/mol. The molecule has 0 amide bonds. The summed E-state index contributed by atoms with van der Waals surface area (Å²) < 4.78 is 36.5. The van der Waals surface area contributed by atoms with Gasteiger partial charge in [0.1, 0.15) is 11.3 Å². The minimum absolute atomic E-state index is 0.0458. The Balaban J connectivity index is 3.38. The van der Waals surface area contributed by atoms with Crippen molar-refractivity contribution in [2.45, 2.75) is 6.18 Å². The number of phenols is 1. The van der Waals surface area contributed by atoms with E-state index in [2.05, 4.69) is 0 Å². The minimum Gasteiger partial charge on any atom is -0.507 e. The molecule has 0 radical (unpaired) electrons. The van der Waals surface area contributed by atoms with Gasteiger partial charge in [-0.1, -0.05) is 23.2 Å². The van der Waals surface area contributed by atoms with Crippen molar-refractivity contribution in [3.63, 3.8) is 0 Å². The SMILES string of the molecule is Oc1cc(Cl)cc(Cl)c1C(F)(F)F. The third kappa shape index (κ3) is 2.19. The third-order valence-corrected chi connectivity index (χ3v) is 1.83. The predicted molar refractivity (Wildman–Crippen MR) is 43.1 cm³/mol. The van der Waals surface area contributed by atoms with Gasteiger partial charge in [0.2, 0.25) is 0 Å². The zero-order valence-corrected chi connectivity index (χ0v) is 7.50. The highest BCUT2D eigenvalue weighted by Gasteiger charge is 2.36. The molecule has 0 aliphatic heterocycles. The number of alkyl halides is 3. The van der Waals surface area contributed by atoms with Crippen LogP contribution < -0.4 is 0 Å². The van der Waals surface area contributed by atoms with E-state index < -0.39 is 22.5 Å². The molecule has 1 aromatic rings. The fourth-order valence-corrected chi connectivity index (χ4v) is 1.43. The van der Waals surface area contributed by atoms with Crippen LogP contribution >= 0.6 is 23.2 Å². The van der Waals surface area contributed by atoms with E-state index in [0.717, 1.165) is 12.1 Å². The van der Waals surface area contributed by atoms with E-state index in [1.807, 2.05) is 0 Å². The van der Waals surface area contributed by atoms with Crippen LogP contribution in [0.4, 0.5) is 13.2 Å². The van der Waals surface area contributed by atoms with E-state index in [0.29, 0.717) is 0 Å². The molecule has 1 aromatic carbocycles. The Morgan fingerprint density at radius 3 is 2.08 bits per heavy atom. The number of hydrogen-bond acceptors (Lipinski definition) is 1. The fraction of sp³-hybridized carbons (Fsp3) is 0.143. The number of rotatable bonds is 0. The van der Waals surface area contributed by atoms with E-state index in [-0.39, 0.29) is 5.02 Å². The van der Waals surface area contributed by atoms with E-state index in [4.69, 9.17) is 28.3 Å². The lowest BCUT2D eigenvalue weighted by molar-refractivity contribution is -0.138. The van der Waals surface area contributed by atoms with Crippen molar-refractivity contribution in [2.75, 3.05) is 0 Å². The number of benzene rings is 1. The quantitative estimate of drug-likeness (QED) is 0.721. The van der Waals surface area contributed by atoms with Crippen LogP contribution in [-0.4, -0.2) is 5.11 Å². The highest BCUT2D eigenvalue weighted by molar-refractivity contribution is 6.35. The van der Waals surface area contributed by atoms with E-state index in [1.165, 1.54) is 0 Å². The molecule has 72 valence electrons. The highest BCUT2D eigenvalue weighted by Crippen LogP contribution is 2.41. The average molecular weight is 231 g/mol. The van der Waals surface area contributed by atoms with Crippen molar-refractivity contribution >= 4 is 23.2 Å². The van der Waals surface area contributed by atoms with Crippen LogP contribution in [0.3, 0.4) is 0 Å². The van der Waals surface area contributed by atoms with Gasteiger partial charge in [-0.05, 0) is 12.1 Å². The predicted octanol–water partition coefficient (Wildman–Crippen LogP) is 3.72. The van der Waals surface area contributed by atoms with Gasteiger partial charge in [-0.3, -0.25) is 0 Å². The Morgan fingerprint density at radius 1 is 1.15 bits per heavy atom. The zero-order valence-electron chi connectivity index (χ0n) is 5.99. The second-order valence-electron chi connectivity index (χ2n) is 2.28. The van der Waals surface area contributed by atoms with Crippen molar-refractivity contribution in [1.29, 1.82) is 0 Å². The van der Waals surface area contributed by atoms with Gasteiger partial charge in [0.05, 0.1) is 5.02 Å². The first kappa shape index (κ1) is 10.5. The summed E-state index contributed by atoms with van der Waals surface area (Å²) >= 11 is 10.6. The smallest absolute Gasteiger partial charge is 0.421 e. The van der Waals surface area contributed by atoms with Gasteiger partial charge in [0.15, 0.2) is 0 Å². The standard InChI is InChI=1S/C7H3Cl2F3O/c8-3-1-4(9)6(5(13)2-3)7(10,11)12/h1-2,13H. The summed E-state index contributed by atoms with van der Waals surface area (Å²) in [5.41, 5.74) is -1.27. The first-order chi connectivity index (χ1) is 5.82. The molecule has 0 fully saturated rings. The first-order valence-corrected chi connectivity index (χ1v) is 3.83. The van der Waals surface area contributed by atoms with E-state index in [9.17, 15) is 13.2 Å². The van der Waals surface area contributed by atoms with Crippen LogP contribution in [0.1, 0.15) is 5.56 Å². The molecule has 0 saturated heterocycles. The number of halogens is 5. The van der Waals surface area contributed by atoms with Gasteiger partial charge < -0.3 is 5.11 Å². The van der Waals surface area contributed by atoms with Crippen LogP contribution in [0.5, 0.6) is 5.75 Å². The van der Waals surface area contributed by atoms with Crippen LogP contribution in [0.2, 0.25) is 10.0 Å². The molecular formula is C7H3Cl2F3O. The van der Waals surface area contributed by atoms with Crippen LogP contribution in [0.25, 0.3) is 0 Å². The van der Waals surface area contributed by atoms with Gasteiger partial charge in [-0.2, -0.15) is 13.2 Å². The second-order valence-corrected chi connectivity index (χ2v) is 3.12. The largest absolute Gasteiger partial charge is 0.507 e. The van der Waals surface area contributed by atoms with Crippen molar-refractivity contribution in [3.05, 3.63) is 27.7 Å². The monoisotopic (exact) mass is 230 g/mol. The fourth-order valence-electron chi connectivity index (χ4n) is 0.841. The molecule has 13 heavy (non-hydrogen) atoms. The van der Waals surface area contributed by atoms with Gasteiger partial charge >= 0.3 is 6.18 Å². The molecule has 0 bridgehead atoms. The lowest BCUT2D eigenvalue weighted by atomic mass is 10.2. The second kappa shape index (κ2) is 3.27. The van der Waals surface area contributed by atoms with Crippen LogP contribution in [-0.2, 0) is 6.18 Å². The topological polar surface area (TPSA) is 20.2 Å². The molecule has 0 unspecified atom stereocenters. The average Bonchev–Trinajstić information content (AvgIpc) is 1.78. The summed E-state index contributed by atoms with van der Waals surface area (Å²) in [5.74, 6) is -0.968. The van der Waals surface area contributed by atoms with E-state index in [1.54, 1.807) is 0 Å². The third-order valence-electron chi connectivity index (χ3n) is 1.32. The lowest BCUT2D eigenvalue weighted by Crippen LogP contribution is -2.06. The first-order valence-electron chi connectivity index (χ1n) is 3.07. The summed E-state index contributed by atoms with van der Waals surface area (Å²) in [5, 5.41) is 8.26. The molecule has 0 atom stereocenters. The van der Waals surface area contributed by atoms with Gasteiger partial charge in [0.25, 0.3) is 0 Å². The summed E-state index contributed by atoms with van der Waals surface area (Å²) in [6.45, 7) is 0. The van der Waals surface area contributed by atoms with Crippen LogP contribution in [0.15, 0.2) is 12.1 Å². The molecule has 1 N–H and O–H groups in total. The lowest BCUT2D eigenvalue weighted by Gasteiger charge is -2.10. The zero-order chi connectivity index (χ0) is 10.2. The minimum atomic E-state index is -4.67. The maximum absolute atomic E-state index is 12.2. The Hall–Kier alpha value is -0.610. The molecule has 0 aromatic heterocycles. The van der Waals surface area contributed by atoms with Gasteiger partial charge in [-0.15, -0.1) is 0 Å². The Bertz CT molecular complexity index is 312. The van der Waals surface area contributed by atoms with Crippen LogP contribution in [0, 0.1) is 0 Å². The molecule has 0 saturated carbocycles. The van der Waals surface area contributed by atoms with Crippen molar-refractivity contribution < 1.29 is 18.3 Å². The normalized spacial score (nSPS) is 11.8. The molecule has 6 heteroatoms. The molecule has 1 nitrogen and oxygen atoms in total. The van der Waals surface area contributed by atoms with Crippen molar-refractivity contribution in [2.24, 2.45) is 0 Å². The highest BCUT2D eigenvalue weighted by atomic mass is 35.5. The summed E-state index contributed by atoms with van der Waals surface area (Å²) in [7, 11) is 0. The molecule has 0 aliphatic rings. The van der Waals surface area contributed by atoms with Gasteiger partial charge in [0, 0.05) is 5.02 Å². The van der Waals surface area contributed by atoms with Gasteiger partial charge in [-0.25, -0.2) is 0 Å². The maximum atomic E-state index is 12.2.